The van der Waals surface area contributed by atoms with Gasteiger partial charge in [-0.15, -0.1) is 0 Å². The highest BCUT2D eigenvalue weighted by molar-refractivity contribution is 7.89. The highest BCUT2D eigenvalue weighted by Crippen LogP contribution is 2.47. The molecule has 155 valence electrons. The van der Waals surface area contributed by atoms with Crippen molar-refractivity contribution in [3.63, 3.8) is 0 Å². The Hall–Kier alpha value is -1.43. The molecule has 0 fully saturated rings. The van der Waals surface area contributed by atoms with Gasteiger partial charge in [0, 0.05) is 0 Å². The second-order valence-electron chi connectivity index (χ2n) is 4.98. The molecule has 12 nitrogen and oxygen atoms in total. The molecule has 0 heterocycles. The van der Waals surface area contributed by atoms with Gasteiger partial charge in [-0.2, -0.15) is 25.3 Å². The predicted molar refractivity (Wildman–Crippen MR) is 92.5 cm³/mol. The van der Waals surface area contributed by atoms with Crippen molar-refractivity contribution in [3.8, 4) is 0 Å². The van der Waals surface area contributed by atoms with Crippen molar-refractivity contribution in [2.45, 2.75) is 14.8 Å². The summed E-state index contributed by atoms with van der Waals surface area (Å²) in [4.78, 5) is -11.9. The number of rotatable bonds is 10. The zero-order valence-corrected chi connectivity index (χ0v) is 15.9. The average molecular weight is 449 g/mol. The molecule has 0 bridgehead atoms. The van der Waals surface area contributed by atoms with Crippen LogP contribution in [0.4, 0.5) is 0 Å². The van der Waals surface area contributed by atoms with Crippen LogP contribution in [0.15, 0.2) is 50.1 Å². The van der Waals surface area contributed by atoms with Gasteiger partial charge in [0.2, 0.25) is 14.8 Å². The van der Waals surface area contributed by atoms with E-state index in [1.54, 1.807) is 0 Å². The molecule has 0 aromatic rings. The second-order valence-corrected chi connectivity index (χ2v) is 9.70. The Morgan fingerprint density at radius 3 is 1.00 bits per heavy atom. The van der Waals surface area contributed by atoms with Gasteiger partial charge in [0.05, 0.1) is 0 Å². The molecule has 0 aromatic carbocycles. The standard InChI is InChI=1S/C12H17O12S3/c1-5-10(13,25(16,17)18)8(4)9(11(14,6-2)26(19,20)21)12(15,7-3)27(22,23)24/h5-7,13-15H,1-4H2,(H,16,17,18)(H,19,20,21)(H,22,23,24). The molecule has 0 aliphatic carbocycles. The lowest BCUT2D eigenvalue weighted by atomic mass is 9.84. The summed E-state index contributed by atoms with van der Waals surface area (Å²) in [5, 5.41) is 30.7. The summed E-state index contributed by atoms with van der Waals surface area (Å²) in [5.41, 5.74) is -1.72. The van der Waals surface area contributed by atoms with E-state index in [0.29, 0.717) is 0 Å². The largest absolute Gasteiger partial charge is 0.369 e. The van der Waals surface area contributed by atoms with Crippen molar-refractivity contribution in [2.75, 3.05) is 0 Å². The smallest absolute Gasteiger partial charge is 0.303 e. The van der Waals surface area contributed by atoms with E-state index >= 15 is 0 Å². The van der Waals surface area contributed by atoms with Crippen molar-refractivity contribution in [3.05, 3.63) is 56.0 Å². The van der Waals surface area contributed by atoms with Crippen LogP contribution >= 0.6 is 0 Å². The van der Waals surface area contributed by atoms with Gasteiger partial charge >= 0.3 is 10.1 Å². The van der Waals surface area contributed by atoms with Gasteiger partial charge < -0.3 is 15.3 Å². The molecule has 27 heavy (non-hydrogen) atoms. The average Bonchev–Trinajstić information content (AvgIpc) is 2.49. The normalized spacial score (nSPS) is 20.0. The van der Waals surface area contributed by atoms with Crippen LogP contribution in [0.3, 0.4) is 0 Å². The summed E-state index contributed by atoms with van der Waals surface area (Å²) in [7, 11) is -17.5. The highest BCUT2D eigenvalue weighted by atomic mass is 32.2. The molecule has 0 saturated carbocycles. The molecular formula is C12H17O12S3. The highest BCUT2D eigenvalue weighted by Gasteiger charge is 2.65. The van der Waals surface area contributed by atoms with Crippen LogP contribution in [-0.2, 0) is 30.4 Å². The van der Waals surface area contributed by atoms with Crippen molar-refractivity contribution in [1.82, 2.24) is 0 Å². The van der Waals surface area contributed by atoms with Crippen LogP contribution in [0.1, 0.15) is 0 Å². The van der Waals surface area contributed by atoms with Crippen LogP contribution in [0.2, 0.25) is 0 Å². The summed E-state index contributed by atoms with van der Waals surface area (Å²) in [6.45, 7) is 11.3. The summed E-state index contributed by atoms with van der Waals surface area (Å²) in [6, 6.07) is 0. The van der Waals surface area contributed by atoms with E-state index in [9.17, 15) is 54.2 Å². The Morgan fingerprint density at radius 1 is 0.630 bits per heavy atom. The van der Waals surface area contributed by atoms with Gasteiger partial charge in [-0.1, -0.05) is 26.3 Å². The number of hydrogen-bond donors (Lipinski definition) is 6. The first-order chi connectivity index (χ1) is 11.7. The van der Waals surface area contributed by atoms with Crippen molar-refractivity contribution >= 4 is 30.4 Å². The molecule has 0 aromatic heterocycles. The Balaban J connectivity index is 7.55. The van der Waals surface area contributed by atoms with Crippen LogP contribution in [-0.4, -0.2) is 69.0 Å². The summed E-state index contributed by atoms with van der Waals surface area (Å²) in [6.07, 6.45) is -0.155. The molecule has 0 aliphatic rings. The first kappa shape index (κ1) is 25.6. The minimum Gasteiger partial charge on any atom is -0.369 e. The topological polar surface area (TPSA) is 224 Å². The lowest BCUT2D eigenvalue weighted by Crippen LogP contribution is -2.59. The zero-order valence-electron chi connectivity index (χ0n) is 13.4. The molecule has 6 N–H and O–H groups in total. The molecule has 0 spiro atoms. The molecule has 0 saturated heterocycles. The first-order valence-corrected chi connectivity index (χ1v) is 10.6. The maximum Gasteiger partial charge on any atom is 0.303 e. The Morgan fingerprint density at radius 2 is 0.852 bits per heavy atom. The molecule has 0 rings (SSSR count). The van der Waals surface area contributed by atoms with Crippen molar-refractivity contribution < 1.29 is 54.2 Å². The molecule has 0 aliphatic heterocycles. The van der Waals surface area contributed by atoms with E-state index in [0.717, 1.165) is 0 Å². The van der Waals surface area contributed by atoms with Crippen LogP contribution in [0.5, 0.6) is 0 Å². The van der Waals surface area contributed by atoms with Crippen LogP contribution in [0, 0.1) is 5.92 Å². The maximum atomic E-state index is 11.6. The second kappa shape index (κ2) is 7.19. The van der Waals surface area contributed by atoms with Crippen LogP contribution < -0.4 is 0 Å². The third kappa shape index (κ3) is 3.91. The van der Waals surface area contributed by atoms with E-state index in [-0.39, 0.29) is 18.2 Å². The molecule has 15 heteroatoms. The minimum atomic E-state index is -5.89. The molecule has 3 unspecified atom stereocenters. The zero-order chi connectivity index (χ0) is 22.3. The van der Waals surface area contributed by atoms with Gasteiger partial charge in [0.15, 0.2) is 0 Å². The van der Waals surface area contributed by atoms with Gasteiger partial charge in [-0.05, 0) is 23.8 Å². The number of hydrogen-bond acceptors (Lipinski definition) is 9. The Kier molecular flexibility index (Phi) is 6.81. The predicted octanol–water partition coefficient (Wildman–Crippen LogP) is -1.60. The van der Waals surface area contributed by atoms with Crippen LogP contribution in [0.25, 0.3) is 0 Å². The van der Waals surface area contributed by atoms with E-state index in [4.69, 9.17) is 0 Å². The fourth-order valence-electron chi connectivity index (χ4n) is 1.93. The van der Waals surface area contributed by atoms with Gasteiger partial charge in [0.25, 0.3) is 20.2 Å². The van der Waals surface area contributed by atoms with E-state index in [1.807, 2.05) is 0 Å². The van der Waals surface area contributed by atoms with Crippen molar-refractivity contribution in [1.29, 1.82) is 0 Å². The minimum absolute atomic E-state index is 0.0195. The van der Waals surface area contributed by atoms with E-state index in [1.165, 1.54) is 0 Å². The SMILES string of the molecule is C=CC(O)([C](C(=C)C(O)(C=C)S(=O)(=O)O)C(O)(C=C)S(=O)(=O)O)S(=O)(=O)O. The third-order valence-electron chi connectivity index (χ3n) is 3.46. The third-order valence-corrected chi connectivity index (χ3v) is 6.97. The van der Waals surface area contributed by atoms with Gasteiger partial charge in [-0.25, -0.2) is 0 Å². The monoisotopic (exact) mass is 449 g/mol. The lowest BCUT2D eigenvalue weighted by molar-refractivity contribution is 0.0884. The van der Waals surface area contributed by atoms with Gasteiger partial charge in [0.1, 0.15) is 5.92 Å². The summed E-state index contributed by atoms with van der Waals surface area (Å²) >= 11 is 0. The van der Waals surface area contributed by atoms with E-state index < -0.39 is 56.6 Å². The van der Waals surface area contributed by atoms with Gasteiger partial charge in [-0.3, -0.25) is 13.7 Å². The molecule has 1 radical (unpaired) electrons. The maximum absolute atomic E-state index is 11.6. The molecule has 0 amide bonds. The Labute approximate surface area is 155 Å². The first-order valence-electron chi connectivity index (χ1n) is 6.28. The summed E-state index contributed by atoms with van der Waals surface area (Å²) < 4.78 is 97.1. The molecular weight excluding hydrogens is 432 g/mol. The number of aliphatic hydroxyl groups is 3. The molecule has 3 atom stereocenters. The van der Waals surface area contributed by atoms with Crippen molar-refractivity contribution in [2.24, 2.45) is 0 Å². The lowest BCUT2D eigenvalue weighted by Gasteiger charge is -2.41. The fraction of sp³-hybridized carbons (Fsp3) is 0.250. The quantitative estimate of drug-likeness (QED) is 0.164. The Bertz CT molecular complexity index is 927. The fourth-order valence-corrected chi connectivity index (χ4v) is 4.11. The van der Waals surface area contributed by atoms with E-state index in [2.05, 4.69) is 26.3 Å². The summed E-state index contributed by atoms with van der Waals surface area (Å²) in [5.74, 6) is -2.04.